The van der Waals surface area contributed by atoms with Crippen LogP contribution in [0.25, 0.3) is 0 Å². The third-order valence-corrected chi connectivity index (χ3v) is 5.97. The van der Waals surface area contributed by atoms with Crippen LogP contribution in [0.15, 0.2) is 71.6 Å². The summed E-state index contributed by atoms with van der Waals surface area (Å²) in [7, 11) is -3.78. The molecule has 0 saturated carbocycles. The van der Waals surface area contributed by atoms with E-state index in [0.29, 0.717) is 11.4 Å². The molecule has 0 heterocycles. The van der Waals surface area contributed by atoms with Gasteiger partial charge in [0.05, 0.1) is 21.2 Å². The number of anilines is 3. The third-order valence-electron chi connectivity index (χ3n) is 4.26. The van der Waals surface area contributed by atoms with E-state index in [-0.39, 0.29) is 27.1 Å². The van der Waals surface area contributed by atoms with Crippen molar-refractivity contribution in [2.45, 2.75) is 18.7 Å². The summed E-state index contributed by atoms with van der Waals surface area (Å²) >= 11 is 6.23. The SMILES string of the molecule is CC(=O)Nc1ccc(NC(=O)c2ccc(NS(=O)(=O)c3ccc(C)cc3)cc2Cl)cc1. The molecule has 0 saturated heterocycles. The minimum atomic E-state index is -3.78. The van der Waals surface area contributed by atoms with Crippen molar-refractivity contribution in [3.8, 4) is 0 Å². The Morgan fingerprint density at radius 1 is 0.806 bits per heavy atom. The van der Waals surface area contributed by atoms with Crippen molar-refractivity contribution in [2.24, 2.45) is 0 Å². The van der Waals surface area contributed by atoms with Gasteiger partial charge in [0.15, 0.2) is 0 Å². The topological polar surface area (TPSA) is 104 Å². The van der Waals surface area contributed by atoms with E-state index >= 15 is 0 Å². The standard InChI is InChI=1S/C22H20ClN3O4S/c1-14-3-10-19(11-4-14)31(29,30)26-18-9-12-20(21(23)13-18)22(28)25-17-7-5-16(6-8-17)24-15(2)27/h3-13,26H,1-2H3,(H,24,27)(H,25,28). The van der Waals surface area contributed by atoms with Crippen molar-refractivity contribution >= 4 is 50.5 Å². The van der Waals surface area contributed by atoms with Crippen molar-refractivity contribution in [2.75, 3.05) is 15.4 Å². The molecule has 160 valence electrons. The summed E-state index contributed by atoms with van der Waals surface area (Å²) in [4.78, 5) is 23.7. The van der Waals surface area contributed by atoms with Crippen molar-refractivity contribution in [3.05, 3.63) is 82.9 Å². The van der Waals surface area contributed by atoms with Crippen LogP contribution in [-0.2, 0) is 14.8 Å². The molecule has 3 N–H and O–H groups in total. The molecule has 9 heteroatoms. The molecule has 2 amide bonds. The van der Waals surface area contributed by atoms with E-state index < -0.39 is 15.9 Å². The summed E-state index contributed by atoms with van der Waals surface area (Å²) in [5.41, 5.74) is 2.49. The molecular weight excluding hydrogens is 438 g/mol. The van der Waals surface area contributed by atoms with Gasteiger partial charge < -0.3 is 10.6 Å². The first-order valence-corrected chi connectivity index (χ1v) is 11.1. The van der Waals surface area contributed by atoms with Gasteiger partial charge >= 0.3 is 0 Å². The molecule has 0 aromatic heterocycles. The lowest BCUT2D eigenvalue weighted by molar-refractivity contribution is -0.114. The number of nitrogens with one attached hydrogen (secondary N) is 3. The van der Waals surface area contributed by atoms with Crippen LogP contribution in [0.4, 0.5) is 17.1 Å². The highest BCUT2D eigenvalue weighted by molar-refractivity contribution is 7.92. The van der Waals surface area contributed by atoms with Gasteiger partial charge in [-0.1, -0.05) is 29.3 Å². The summed E-state index contributed by atoms with van der Waals surface area (Å²) in [6, 6.07) is 17.3. The van der Waals surface area contributed by atoms with Crippen molar-refractivity contribution in [1.82, 2.24) is 0 Å². The number of benzene rings is 3. The quantitative estimate of drug-likeness (QED) is 0.500. The van der Waals surface area contributed by atoms with Crippen LogP contribution in [0.3, 0.4) is 0 Å². The fourth-order valence-corrected chi connectivity index (χ4v) is 4.05. The van der Waals surface area contributed by atoms with Crippen LogP contribution >= 0.6 is 11.6 Å². The highest BCUT2D eigenvalue weighted by Crippen LogP contribution is 2.25. The van der Waals surface area contributed by atoms with E-state index in [4.69, 9.17) is 11.6 Å². The molecule has 3 aromatic rings. The molecule has 0 radical (unpaired) electrons. The first-order valence-electron chi connectivity index (χ1n) is 9.22. The van der Waals surface area contributed by atoms with E-state index in [1.165, 1.54) is 37.3 Å². The second-order valence-electron chi connectivity index (χ2n) is 6.83. The maximum atomic E-state index is 12.5. The molecule has 0 fully saturated rings. The van der Waals surface area contributed by atoms with Gasteiger partial charge in [-0.05, 0) is 61.5 Å². The fraction of sp³-hybridized carbons (Fsp3) is 0.0909. The Morgan fingerprint density at radius 3 is 1.90 bits per heavy atom. The Balaban J connectivity index is 1.72. The van der Waals surface area contributed by atoms with Crippen molar-refractivity contribution in [3.63, 3.8) is 0 Å². The van der Waals surface area contributed by atoms with E-state index in [1.807, 2.05) is 6.92 Å². The van der Waals surface area contributed by atoms with Crippen LogP contribution in [0.2, 0.25) is 5.02 Å². The normalized spacial score (nSPS) is 10.9. The average molecular weight is 458 g/mol. The molecule has 3 rings (SSSR count). The predicted octanol–water partition coefficient (Wildman–Crippen LogP) is 4.66. The van der Waals surface area contributed by atoms with Crippen molar-refractivity contribution < 1.29 is 18.0 Å². The van der Waals surface area contributed by atoms with E-state index in [2.05, 4.69) is 15.4 Å². The number of amides is 2. The summed E-state index contributed by atoms with van der Waals surface area (Å²) in [6.07, 6.45) is 0. The van der Waals surface area contributed by atoms with Gasteiger partial charge in [-0.2, -0.15) is 0 Å². The first-order chi connectivity index (χ1) is 14.6. The smallest absolute Gasteiger partial charge is 0.261 e. The number of sulfonamides is 1. The number of halogens is 1. The first kappa shape index (κ1) is 22.3. The zero-order valence-corrected chi connectivity index (χ0v) is 18.3. The lowest BCUT2D eigenvalue weighted by atomic mass is 10.2. The largest absolute Gasteiger partial charge is 0.326 e. The Morgan fingerprint density at radius 2 is 1.35 bits per heavy atom. The number of hydrogen-bond acceptors (Lipinski definition) is 4. The average Bonchev–Trinajstić information content (AvgIpc) is 2.69. The van der Waals surface area contributed by atoms with Gasteiger partial charge in [0.25, 0.3) is 15.9 Å². The van der Waals surface area contributed by atoms with Crippen LogP contribution in [-0.4, -0.2) is 20.2 Å². The third kappa shape index (κ3) is 5.84. The Labute approximate surface area is 185 Å². The zero-order valence-electron chi connectivity index (χ0n) is 16.8. The van der Waals surface area contributed by atoms with Gasteiger partial charge in [0.2, 0.25) is 5.91 Å². The summed E-state index contributed by atoms with van der Waals surface area (Å²) in [5.74, 6) is -0.646. The number of carbonyl (C=O) groups is 2. The molecule has 7 nitrogen and oxygen atoms in total. The summed E-state index contributed by atoms with van der Waals surface area (Å²) in [6.45, 7) is 3.27. The summed E-state index contributed by atoms with van der Waals surface area (Å²) < 4.78 is 27.5. The Bertz CT molecular complexity index is 1220. The van der Waals surface area contributed by atoms with Crippen LogP contribution < -0.4 is 15.4 Å². The molecule has 3 aromatic carbocycles. The van der Waals surface area contributed by atoms with E-state index in [1.54, 1.807) is 36.4 Å². The maximum Gasteiger partial charge on any atom is 0.261 e. The van der Waals surface area contributed by atoms with E-state index in [0.717, 1.165) is 5.56 Å². The molecule has 0 bridgehead atoms. The lowest BCUT2D eigenvalue weighted by Gasteiger charge is -2.11. The molecule has 31 heavy (non-hydrogen) atoms. The van der Waals surface area contributed by atoms with Gasteiger partial charge in [0, 0.05) is 18.3 Å². The fourth-order valence-electron chi connectivity index (χ4n) is 2.73. The molecule has 0 aliphatic rings. The lowest BCUT2D eigenvalue weighted by Crippen LogP contribution is -2.15. The predicted molar refractivity (Wildman–Crippen MR) is 122 cm³/mol. The number of hydrogen-bond donors (Lipinski definition) is 3. The van der Waals surface area contributed by atoms with Crippen LogP contribution in [0.5, 0.6) is 0 Å². The second-order valence-corrected chi connectivity index (χ2v) is 8.92. The van der Waals surface area contributed by atoms with Gasteiger partial charge in [-0.3, -0.25) is 14.3 Å². The second kappa shape index (κ2) is 9.20. The minimum Gasteiger partial charge on any atom is -0.326 e. The van der Waals surface area contributed by atoms with Crippen LogP contribution in [0, 0.1) is 6.92 Å². The minimum absolute atomic E-state index is 0.0940. The zero-order chi connectivity index (χ0) is 22.6. The monoisotopic (exact) mass is 457 g/mol. The molecule has 0 atom stereocenters. The Kier molecular flexibility index (Phi) is 6.62. The highest BCUT2D eigenvalue weighted by atomic mass is 35.5. The van der Waals surface area contributed by atoms with E-state index in [9.17, 15) is 18.0 Å². The number of rotatable bonds is 6. The number of aryl methyl sites for hydroxylation is 1. The number of carbonyl (C=O) groups excluding carboxylic acids is 2. The summed E-state index contributed by atoms with van der Waals surface area (Å²) in [5, 5.41) is 5.43. The van der Waals surface area contributed by atoms with Crippen molar-refractivity contribution in [1.29, 1.82) is 0 Å². The van der Waals surface area contributed by atoms with Crippen LogP contribution in [0.1, 0.15) is 22.8 Å². The maximum absolute atomic E-state index is 12.5. The van der Waals surface area contributed by atoms with Gasteiger partial charge in [-0.25, -0.2) is 8.42 Å². The molecule has 0 aliphatic heterocycles. The molecular formula is C22H20ClN3O4S. The Hall–Kier alpha value is -3.36. The molecule has 0 unspecified atom stereocenters. The van der Waals surface area contributed by atoms with Gasteiger partial charge in [-0.15, -0.1) is 0 Å². The molecule has 0 spiro atoms. The molecule has 0 aliphatic carbocycles. The highest BCUT2D eigenvalue weighted by Gasteiger charge is 2.16. The van der Waals surface area contributed by atoms with Gasteiger partial charge in [0.1, 0.15) is 0 Å².